The number of benzene rings is 2. The quantitative estimate of drug-likeness (QED) is 0.754. The summed E-state index contributed by atoms with van der Waals surface area (Å²) in [5, 5.41) is 4.33. The maximum Gasteiger partial charge on any atom is 0.0409 e. The van der Waals surface area contributed by atoms with E-state index in [4.69, 9.17) is 11.6 Å². The molecule has 2 heteroatoms. The van der Waals surface area contributed by atoms with Crippen molar-refractivity contribution in [2.45, 2.75) is 39.8 Å². The lowest BCUT2D eigenvalue weighted by Gasteiger charge is -2.15. The predicted molar refractivity (Wildman–Crippen MR) is 91.7 cm³/mol. The maximum absolute atomic E-state index is 6.04. The molecule has 0 radical (unpaired) electrons. The largest absolute Gasteiger partial charge is 0.306 e. The molecule has 112 valence electrons. The monoisotopic (exact) mass is 301 g/mol. The van der Waals surface area contributed by atoms with Gasteiger partial charge in [-0.3, -0.25) is 0 Å². The summed E-state index contributed by atoms with van der Waals surface area (Å²) >= 11 is 6.04. The van der Waals surface area contributed by atoms with Gasteiger partial charge in [-0.05, 0) is 48.1 Å². The van der Waals surface area contributed by atoms with Crippen LogP contribution in [-0.4, -0.2) is 0 Å². The van der Waals surface area contributed by atoms with E-state index in [1.165, 1.54) is 16.7 Å². The van der Waals surface area contributed by atoms with E-state index < -0.39 is 0 Å². The third-order valence-corrected chi connectivity index (χ3v) is 3.86. The van der Waals surface area contributed by atoms with Gasteiger partial charge in [-0.15, -0.1) is 0 Å². The van der Waals surface area contributed by atoms with Crippen LogP contribution in [0.3, 0.4) is 0 Å². The van der Waals surface area contributed by atoms with Gasteiger partial charge in [0.15, 0.2) is 0 Å². The van der Waals surface area contributed by atoms with Crippen molar-refractivity contribution < 1.29 is 0 Å². The van der Waals surface area contributed by atoms with Gasteiger partial charge in [-0.2, -0.15) is 0 Å². The molecule has 1 N–H and O–H groups in total. The summed E-state index contributed by atoms with van der Waals surface area (Å²) in [6.07, 6.45) is 1.15. The van der Waals surface area contributed by atoms with E-state index in [0.717, 1.165) is 18.0 Å². The van der Waals surface area contributed by atoms with Gasteiger partial charge in [0.25, 0.3) is 0 Å². The average molecular weight is 302 g/mol. The molecule has 0 aliphatic carbocycles. The minimum atomic E-state index is 0.291. The summed E-state index contributed by atoms with van der Waals surface area (Å²) in [4.78, 5) is 0. The highest BCUT2D eigenvalue weighted by molar-refractivity contribution is 6.30. The van der Waals surface area contributed by atoms with Crippen molar-refractivity contribution in [3.8, 4) is 0 Å². The lowest BCUT2D eigenvalue weighted by atomic mass is 10.0. The van der Waals surface area contributed by atoms with Crippen molar-refractivity contribution >= 4 is 11.6 Å². The van der Waals surface area contributed by atoms with Gasteiger partial charge >= 0.3 is 0 Å². The van der Waals surface area contributed by atoms with E-state index >= 15 is 0 Å². The second-order valence-electron chi connectivity index (χ2n) is 6.07. The highest BCUT2D eigenvalue weighted by atomic mass is 35.5. The molecule has 2 rings (SSSR count). The van der Waals surface area contributed by atoms with Crippen LogP contribution in [0.5, 0.6) is 0 Å². The fourth-order valence-electron chi connectivity index (χ4n) is 2.43. The first-order valence-electron chi connectivity index (χ1n) is 7.61. The van der Waals surface area contributed by atoms with Gasteiger partial charge in [0, 0.05) is 17.6 Å². The lowest BCUT2D eigenvalue weighted by Crippen LogP contribution is -2.18. The van der Waals surface area contributed by atoms with Crippen LogP contribution in [0.25, 0.3) is 0 Å². The minimum Gasteiger partial charge on any atom is -0.306 e. The van der Waals surface area contributed by atoms with Crippen LogP contribution >= 0.6 is 11.6 Å². The Kier molecular flexibility index (Phi) is 5.84. The van der Waals surface area contributed by atoms with Gasteiger partial charge < -0.3 is 5.32 Å². The summed E-state index contributed by atoms with van der Waals surface area (Å²) in [5.41, 5.74) is 3.95. The summed E-state index contributed by atoms with van der Waals surface area (Å²) in [6.45, 7) is 7.54. The smallest absolute Gasteiger partial charge is 0.0409 e. The molecule has 0 aliphatic heterocycles. The number of hydrogen-bond acceptors (Lipinski definition) is 1. The normalized spacial score (nSPS) is 12.6. The van der Waals surface area contributed by atoms with E-state index in [1.807, 2.05) is 18.2 Å². The number of halogens is 1. The first kappa shape index (κ1) is 16.1. The molecule has 0 saturated heterocycles. The highest BCUT2D eigenvalue weighted by Crippen LogP contribution is 2.18. The Morgan fingerprint density at radius 2 is 1.62 bits per heavy atom. The zero-order valence-electron chi connectivity index (χ0n) is 13.1. The van der Waals surface area contributed by atoms with Crippen LogP contribution in [0.1, 0.15) is 43.5 Å². The van der Waals surface area contributed by atoms with Crippen LogP contribution in [0.4, 0.5) is 0 Å². The molecular weight excluding hydrogens is 278 g/mol. The SMILES string of the molecule is CC(C)Cc1ccc(CNC(C)c2cccc(Cl)c2)cc1. The lowest BCUT2D eigenvalue weighted by molar-refractivity contribution is 0.574. The summed E-state index contributed by atoms with van der Waals surface area (Å²) in [6, 6.07) is 17.2. The molecule has 0 aromatic heterocycles. The van der Waals surface area contributed by atoms with Crippen molar-refractivity contribution in [2.75, 3.05) is 0 Å². The van der Waals surface area contributed by atoms with Gasteiger partial charge in [-0.1, -0.05) is 61.8 Å². The van der Waals surface area contributed by atoms with Crippen molar-refractivity contribution in [3.63, 3.8) is 0 Å². The Bertz CT molecular complexity index is 560. The maximum atomic E-state index is 6.04. The molecule has 2 aromatic rings. The van der Waals surface area contributed by atoms with Gasteiger partial charge in [0.05, 0.1) is 0 Å². The third-order valence-electron chi connectivity index (χ3n) is 3.63. The van der Waals surface area contributed by atoms with E-state index in [2.05, 4.69) is 56.4 Å². The summed E-state index contributed by atoms with van der Waals surface area (Å²) in [5.74, 6) is 0.705. The van der Waals surface area contributed by atoms with Gasteiger partial charge in [0.2, 0.25) is 0 Å². The second kappa shape index (κ2) is 7.63. The van der Waals surface area contributed by atoms with E-state index in [1.54, 1.807) is 0 Å². The second-order valence-corrected chi connectivity index (χ2v) is 6.51. The van der Waals surface area contributed by atoms with E-state index in [9.17, 15) is 0 Å². The average Bonchev–Trinajstić information content (AvgIpc) is 2.45. The van der Waals surface area contributed by atoms with Crippen molar-refractivity contribution in [3.05, 3.63) is 70.2 Å². The first-order valence-corrected chi connectivity index (χ1v) is 7.99. The summed E-state index contributed by atoms with van der Waals surface area (Å²) in [7, 11) is 0. The number of rotatable bonds is 6. The summed E-state index contributed by atoms with van der Waals surface area (Å²) < 4.78 is 0. The molecule has 0 spiro atoms. The van der Waals surface area contributed by atoms with Gasteiger partial charge in [-0.25, -0.2) is 0 Å². The van der Waals surface area contributed by atoms with Crippen molar-refractivity contribution in [1.29, 1.82) is 0 Å². The molecule has 1 unspecified atom stereocenters. The molecule has 0 heterocycles. The fraction of sp³-hybridized carbons (Fsp3) is 0.368. The van der Waals surface area contributed by atoms with E-state index in [-0.39, 0.29) is 0 Å². The van der Waals surface area contributed by atoms with Crippen LogP contribution in [0.2, 0.25) is 5.02 Å². The molecular formula is C19H24ClN. The molecule has 0 saturated carbocycles. The topological polar surface area (TPSA) is 12.0 Å². The predicted octanol–water partition coefficient (Wildman–Crippen LogP) is 5.39. The molecule has 0 amide bonds. The van der Waals surface area contributed by atoms with Crippen LogP contribution in [0.15, 0.2) is 48.5 Å². The van der Waals surface area contributed by atoms with Crippen molar-refractivity contribution in [2.24, 2.45) is 5.92 Å². The highest BCUT2D eigenvalue weighted by Gasteiger charge is 2.05. The third kappa shape index (κ3) is 5.18. The minimum absolute atomic E-state index is 0.291. The molecule has 21 heavy (non-hydrogen) atoms. The zero-order valence-corrected chi connectivity index (χ0v) is 13.8. The number of nitrogens with one attached hydrogen (secondary N) is 1. The molecule has 1 nitrogen and oxygen atoms in total. The standard InChI is InChI=1S/C19H24ClN/c1-14(2)11-16-7-9-17(10-8-16)13-21-15(3)18-5-4-6-19(20)12-18/h4-10,12,14-15,21H,11,13H2,1-3H3. The zero-order chi connectivity index (χ0) is 15.2. The Labute approximate surface area is 133 Å². The molecule has 0 fully saturated rings. The Hall–Kier alpha value is -1.31. The fourth-order valence-corrected chi connectivity index (χ4v) is 2.63. The molecule has 0 aliphatic rings. The number of hydrogen-bond donors (Lipinski definition) is 1. The van der Waals surface area contributed by atoms with Gasteiger partial charge in [0.1, 0.15) is 0 Å². The van der Waals surface area contributed by atoms with Crippen LogP contribution < -0.4 is 5.32 Å². The van der Waals surface area contributed by atoms with Crippen molar-refractivity contribution in [1.82, 2.24) is 5.32 Å². The van der Waals surface area contributed by atoms with E-state index in [0.29, 0.717) is 12.0 Å². The molecule has 1 atom stereocenters. The Balaban J connectivity index is 1.90. The Morgan fingerprint density at radius 1 is 0.952 bits per heavy atom. The molecule has 0 bridgehead atoms. The Morgan fingerprint density at radius 3 is 2.24 bits per heavy atom. The van der Waals surface area contributed by atoms with Crippen LogP contribution in [-0.2, 0) is 13.0 Å². The van der Waals surface area contributed by atoms with Crippen LogP contribution in [0, 0.1) is 5.92 Å². The molecule has 2 aromatic carbocycles. The first-order chi connectivity index (χ1) is 10.0.